The molecule has 4 heteroatoms. The molecule has 0 aliphatic rings. The third-order valence-electron chi connectivity index (χ3n) is 2.25. The van der Waals surface area contributed by atoms with Crippen molar-refractivity contribution in [2.45, 2.75) is 13.3 Å². The zero-order valence-corrected chi connectivity index (χ0v) is 8.24. The Morgan fingerprint density at radius 2 is 2.14 bits per heavy atom. The fraction of sp³-hybridized carbons (Fsp3) is 0.200. The van der Waals surface area contributed by atoms with Gasteiger partial charge in [-0.3, -0.25) is 0 Å². The molecule has 0 atom stereocenters. The minimum Gasteiger partial charge on any atom is -0.506 e. The van der Waals surface area contributed by atoms with Crippen LogP contribution in [0, 0.1) is 6.92 Å². The predicted octanol–water partition coefficient (Wildman–Crippen LogP) is 3.85. The van der Waals surface area contributed by atoms with Gasteiger partial charge in [0.15, 0.2) is 0 Å². The maximum absolute atomic E-state index is 12.5. The van der Waals surface area contributed by atoms with Gasteiger partial charge in [0.1, 0.15) is 5.75 Å². The molecule has 0 radical (unpaired) electrons. The molecule has 0 bridgehead atoms. The summed E-state index contributed by atoms with van der Waals surface area (Å²) in [6, 6.07) is 3.16. The van der Waals surface area contributed by atoms with Gasteiger partial charge in [0.2, 0.25) is 0 Å². The summed E-state index contributed by atoms with van der Waals surface area (Å²) in [5.41, 5.74) is 0.184. The van der Waals surface area contributed by atoms with Crippen molar-refractivity contribution in [2.24, 2.45) is 0 Å². The van der Waals surface area contributed by atoms with Crippen LogP contribution in [0.2, 0.25) is 0 Å². The molecule has 1 aromatic carbocycles. The Morgan fingerprint density at radius 1 is 1.43 bits per heavy atom. The van der Waals surface area contributed by atoms with E-state index >= 15 is 0 Å². The standard InChI is InChI=1S/C10H8F2OS/c1-5-7(10(11)12)4-6-2-3-14-9(6)8(5)13/h2-4,10,13H,1H3. The first kappa shape index (κ1) is 9.40. The number of phenolic OH excluding ortho intramolecular Hbond substituents is 1. The summed E-state index contributed by atoms with van der Waals surface area (Å²) in [6.45, 7) is 1.51. The van der Waals surface area contributed by atoms with E-state index in [9.17, 15) is 13.9 Å². The molecule has 0 fully saturated rings. The minimum absolute atomic E-state index is 0.0206. The zero-order valence-electron chi connectivity index (χ0n) is 7.42. The number of halogens is 2. The first-order valence-corrected chi connectivity index (χ1v) is 4.97. The van der Waals surface area contributed by atoms with Crippen LogP contribution in [0.1, 0.15) is 17.6 Å². The van der Waals surface area contributed by atoms with Gasteiger partial charge in [-0.05, 0) is 29.8 Å². The van der Waals surface area contributed by atoms with Crippen LogP contribution in [-0.2, 0) is 0 Å². The number of phenols is 1. The quantitative estimate of drug-likeness (QED) is 0.764. The monoisotopic (exact) mass is 214 g/mol. The van der Waals surface area contributed by atoms with Crippen molar-refractivity contribution in [3.8, 4) is 5.75 Å². The number of thiophene rings is 1. The Morgan fingerprint density at radius 3 is 2.79 bits per heavy atom. The molecule has 1 nitrogen and oxygen atoms in total. The number of hydrogen-bond acceptors (Lipinski definition) is 2. The van der Waals surface area contributed by atoms with Crippen molar-refractivity contribution in [1.82, 2.24) is 0 Å². The Hall–Kier alpha value is -1.16. The third kappa shape index (κ3) is 1.26. The first-order chi connectivity index (χ1) is 6.61. The molecule has 14 heavy (non-hydrogen) atoms. The lowest BCUT2D eigenvalue weighted by Gasteiger charge is -2.07. The van der Waals surface area contributed by atoms with Gasteiger partial charge in [0.05, 0.1) is 4.70 Å². The number of aromatic hydroxyl groups is 1. The Balaban J connectivity index is 2.80. The van der Waals surface area contributed by atoms with Crippen molar-refractivity contribution < 1.29 is 13.9 Å². The molecular weight excluding hydrogens is 206 g/mol. The highest BCUT2D eigenvalue weighted by atomic mass is 32.1. The summed E-state index contributed by atoms with van der Waals surface area (Å²) in [6.07, 6.45) is -2.54. The average Bonchev–Trinajstić information content (AvgIpc) is 2.58. The number of fused-ring (bicyclic) bond motifs is 1. The van der Waals surface area contributed by atoms with E-state index < -0.39 is 6.43 Å². The summed E-state index contributed by atoms with van der Waals surface area (Å²) in [4.78, 5) is 0. The summed E-state index contributed by atoms with van der Waals surface area (Å²) in [5, 5.41) is 12.1. The highest BCUT2D eigenvalue weighted by molar-refractivity contribution is 7.17. The second-order valence-electron chi connectivity index (χ2n) is 3.08. The van der Waals surface area contributed by atoms with E-state index in [0.717, 1.165) is 0 Å². The molecule has 0 saturated heterocycles. The van der Waals surface area contributed by atoms with Gasteiger partial charge in [-0.2, -0.15) is 0 Å². The smallest absolute Gasteiger partial charge is 0.264 e. The Kier molecular flexibility index (Phi) is 2.15. The van der Waals surface area contributed by atoms with Gasteiger partial charge >= 0.3 is 0 Å². The van der Waals surface area contributed by atoms with E-state index in [4.69, 9.17) is 0 Å². The van der Waals surface area contributed by atoms with Crippen LogP contribution >= 0.6 is 11.3 Å². The maximum atomic E-state index is 12.5. The second kappa shape index (κ2) is 3.20. The van der Waals surface area contributed by atoms with Gasteiger partial charge < -0.3 is 5.11 Å². The van der Waals surface area contributed by atoms with Crippen LogP contribution in [-0.4, -0.2) is 5.11 Å². The Labute approximate surface area is 83.6 Å². The van der Waals surface area contributed by atoms with Crippen LogP contribution < -0.4 is 0 Å². The van der Waals surface area contributed by atoms with E-state index in [2.05, 4.69) is 0 Å². The zero-order chi connectivity index (χ0) is 10.3. The van der Waals surface area contributed by atoms with Crippen molar-refractivity contribution >= 4 is 21.4 Å². The number of hydrogen-bond donors (Lipinski definition) is 1. The van der Waals surface area contributed by atoms with Gasteiger partial charge in [0.25, 0.3) is 6.43 Å². The molecule has 1 N–H and O–H groups in total. The van der Waals surface area contributed by atoms with Crippen LogP contribution in [0.4, 0.5) is 8.78 Å². The van der Waals surface area contributed by atoms with E-state index in [0.29, 0.717) is 10.1 Å². The molecule has 1 aromatic heterocycles. The molecule has 0 spiro atoms. The van der Waals surface area contributed by atoms with Crippen LogP contribution in [0.25, 0.3) is 10.1 Å². The van der Waals surface area contributed by atoms with E-state index in [-0.39, 0.29) is 16.9 Å². The second-order valence-corrected chi connectivity index (χ2v) is 4.00. The molecule has 0 saturated carbocycles. The first-order valence-electron chi connectivity index (χ1n) is 4.09. The number of rotatable bonds is 1. The van der Waals surface area contributed by atoms with Crippen molar-refractivity contribution in [1.29, 1.82) is 0 Å². The van der Waals surface area contributed by atoms with Gasteiger partial charge in [-0.1, -0.05) is 0 Å². The minimum atomic E-state index is -2.54. The number of benzene rings is 1. The summed E-state index contributed by atoms with van der Waals surface area (Å²) in [5.74, 6) is -0.0206. The van der Waals surface area contributed by atoms with Crippen molar-refractivity contribution in [3.63, 3.8) is 0 Å². The summed E-state index contributed by atoms with van der Waals surface area (Å²) < 4.78 is 25.7. The normalized spacial score (nSPS) is 11.4. The molecule has 0 unspecified atom stereocenters. The van der Waals surface area contributed by atoms with E-state index in [1.165, 1.54) is 24.3 Å². The molecule has 2 rings (SSSR count). The van der Waals surface area contributed by atoms with E-state index in [1.54, 1.807) is 11.4 Å². The van der Waals surface area contributed by atoms with Gasteiger partial charge in [0, 0.05) is 11.1 Å². The lowest BCUT2D eigenvalue weighted by Crippen LogP contribution is -1.89. The molecule has 0 aliphatic heterocycles. The molecule has 0 aliphatic carbocycles. The molecule has 2 aromatic rings. The molecular formula is C10H8F2OS. The van der Waals surface area contributed by atoms with Crippen LogP contribution in [0.15, 0.2) is 17.5 Å². The van der Waals surface area contributed by atoms with Crippen molar-refractivity contribution in [2.75, 3.05) is 0 Å². The van der Waals surface area contributed by atoms with E-state index in [1.807, 2.05) is 0 Å². The Bertz CT molecular complexity index is 476. The largest absolute Gasteiger partial charge is 0.506 e. The average molecular weight is 214 g/mol. The number of alkyl halides is 2. The fourth-order valence-electron chi connectivity index (χ4n) is 1.43. The van der Waals surface area contributed by atoms with Gasteiger partial charge in [-0.25, -0.2) is 8.78 Å². The lowest BCUT2D eigenvalue weighted by molar-refractivity contribution is 0.150. The van der Waals surface area contributed by atoms with Crippen LogP contribution in [0.3, 0.4) is 0 Å². The fourth-order valence-corrected chi connectivity index (χ4v) is 2.31. The predicted molar refractivity (Wildman–Crippen MR) is 53.2 cm³/mol. The highest BCUT2D eigenvalue weighted by Crippen LogP contribution is 2.38. The molecule has 0 amide bonds. The van der Waals surface area contributed by atoms with Gasteiger partial charge in [-0.15, -0.1) is 11.3 Å². The maximum Gasteiger partial charge on any atom is 0.264 e. The molecule has 74 valence electrons. The highest BCUT2D eigenvalue weighted by Gasteiger charge is 2.16. The topological polar surface area (TPSA) is 20.2 Å². The van der Waals surface area contributed by atoms with Crippen molar-refractivity contribution in [3.05, 3.63) is 28.6 Å². The third-order valence-corrected chi connectivity index (χ3v) is 3.18. The lowest BCUT2D eigenvalue weighted by atomic mass is 10.1. The SMILES string of the molecule is Cc1c(C(F)F)cc2ccsc2c1O. The summed E-state index contributed by atoms with van der Waals surface area (Å²) in [7, 11) is 0. The van der Waals surface area contributed by atoms with Crippen LogP contribution in [0.5, 0.6) is 5.75 Å². The molecule has 1 heterocycles. The summed E-state index contributed by atoms with van der Waals surface area (Å²) >= 11 is 1.35.